The highest BCUT2D eigenvalue weighted by atomic mass is 14.0. The van der Waals surface area contributed by atoms with Crippen LogP contribution >= 0.6 is 0 Å². The van der Waals surface area contributed by atoms with Crippen molar-refractivity contribution in [2.45, 2.75) is 78.6 Å². The molecule has 0 aliphatic carbocycles. The third kappa shape index (κ3) is 13.4. The SMILES string of the molecule is CCCCCCCC/C=[C]/CC=CC(C)CC. The van der Waals surface area contributed by atoms with Crippen LogP contribution in [0.3, 0.4) is 0 Å². The molecule has 0 heteroatoms. The van der Waals surface area contributed by atoms with Gasteiger partial charge in [0, 0.05) is 0 Å². The molecule has 1 radical (unpaired) electrons. The quantitative estimate of drug-likeness (QED) is 0.300. The number of rotatable bonds is 11. The maximum Gasteiger partial charge on any atom is -0.00978 e. The molecule has 0 bridgehead atoms. The first-order valence-corrected chi connectivity index (χ1v) is 7.53. The topological polar surface area (TPSA) is 0 Å². The van der Waals surface area contributed by atoms with E-state index in [9.17, 15) is 0 Å². The molecule has 1 unspecified atom stereocenters. The Morgan fingerprint density at radius 2 is 1.71 bits per heavy atom. The van der Waals surface area contributed by atoms with Crippen molar-refractivity contribution in [1.82, 2.24) is 0 Å². The van der Waals surface area contributed by atoms with Crippen molar-refractivity contribution in [3.8, 4) is 0 Å². The Bertz CT molecular complexity index is 188. The average molecular weight is 235 g/mol. The number of unbranched alkanes of at least 4 members (excludes halogenated alkanes) is 6. The van der Waals surface area contributed by atoms with Crippen LogP contribution in [0.4, 0.5) is 0 Å². The van der Waals surface area contributed by atoms with Gasteiger partial charge in [0.25, 0.3) is 0 Å². The van der Waals surface area contributed by atoms with Crippen molar-refractivity contribution in [2.24, 2.45) is 5.92 Å². The van der Waals surface area contributed by atoms with E-state index >= 15 is 0 Å². The van der Waals surface area contributed by atoms with E-state index in [1.165, 1.54) is 51.4 Å². The van der Waals surface area contributed by atoms with Crippen molar-refractivity contribution in [3.05, 3.63) is 24.3 Å². The minimum Gasteiger partial charge on any atom is -0.0854 e. The van der Waals surface area contributed by atoms with Gasteiger partial charge in [-0.2, -0.15) is 0 Å². The lowest BCUT2D eigenvalue weighted by Gasteiger charge is -1.98. The van der Waals surface area contributed by atoms with Gasteiger partial charge in [-0.15, -0.1) is 0 Å². The van der Waals surface area contributed by atoms with E-state index in [1.54, 1.807) is 0 Å². The van der Waals surface area contributed by atoms with E-state index in [0.717, 1.165) is 12.3 Å². The Morgan fingerprint density at radius 1 is 1.00 bits per heavy atom. The second kappa shape index (κ2) is 13.5. The van der Waals surface area contributed by atoms with E-state index in [1.807, 2.05) is 0 Å². The van der Waals surface area contributed by atoms with Gasteiger partial charge in [-0.1, -0.05) is 77.5 Å². The Hall–Kier alpha value is -0.520. The van der Waals surface area contributed by atoms with Crippen LogP contribution in [0.15, 0.2) is 18.2 Å². The first-order chi connectivity index (χ1) is 8.31. The van der Waals surface area contributed by atoms with Crippen LogP contribution in [0.25, 0.3) is 0 Å². The summed E-state index contributed by atoms with van der Waals surface area (Å²) in [5.74, 6) is 0.718. The lowest BCUT2D eigenvalue weighted by molar-refractivity contribution is 0.611. The van der Waals surface area contributed by atoms with Gasteiger partial charge in [-0.3, -0.25) is 0 Å². The monoisotopic (exact) mass is 235 g/mol. The summed E-state index contributed by atoms with van der Waals surface area (Å²) < 4.78 is 0. The molecule has 99 valence electrons. The molecular weight excluding hydrogens is 204 g/mol. The summed E-state index contributed by atoms with van der Waals surface area (Å²) in [6.45, 7) is 6.76. The lowest BCUT2D eigenvalue weighted by Crippen LogP contribution is -1.83. The van der Waals surface area contributed by atoms with Gasteiger partial charge in [0.2, 0.25) is 0 Å². The molecule has 0 heterocycles. The highest BCUT2D eigenvalue weighted by Gasteiger charge is 1.89. The van der Waals surface area contributed by atoms with E-state index in [4.69, 9.17) is 0 Å². The number of allylic oxidation sites excluding steroid dienone is 4. The van der Waals surface area contributed by atoms with Crippen LogP contribution in [-0.2, 0) is 0 Å². The highest BCUT2D eigenvalue weighted by Crippen LogP contribution is 2.07. The van der Waals surface area contributed by atoms with Gasteiger partial charge in [0.15, 0.2) is 0 Å². The lowest BCUT2D eigenvalue weighted by atomic mass is 10.1. The van der Waals surface area contributed by atoms with Crippen LogP contribution in [0, 0.1) is 12.0 Å². The van der Waals surface area contributed by atoms with Gasteiger partial charge in [-0.25, -0.2) is 0 Å². The summed E-state index contributed by atoms with van der Waals surface area (Å²) in [5, 5.41) is 0. The average Bonchev–Trinajstić information content (AvgIpc) is 2.35. The van der Waals surface area contributed by atoms with Gasteiger partial charge >= 0.3 is 0 Å². The summed E-state index contributed by atoms with van der Waals surface area (Å²) in [6, 6.07) is 0. The van der Waals surface area contributed by atoms with E-state index < -0.39 is 0 Å². The van der Waals surface area contributed by atoms with Crippen molar-refractivity contribution in [2.75, 3.05) is 0 Å². The van der Waals surface area contributed by atoms with Gasteiger partial charge in [-0.05, 0) is 31.3 Å². The fourth-order valence-electron chi connectivity index (χ4n) is 1.72. The standard InChI is InChI=1S/C17H31/c1-4-6-7-8-9-10-11-12-13-14-15-16-17(3)5-2/h12,15-17H,4-11,14H2,1-3H3. The number of hydrogen-bond acceptors (Lipinski definition) is 0. The summed E-state index contributed by atoms with van der Waals surface area (Å²) in [7, 11) is 0. The van der Waals surface area contributed by atoms with E-state index in [2.05, 4.69) is 45.1 Å². The van der Waals surface area contributed by atoms with Crippen LogP contribution in [0.2, 0.25) is 0 Å². The molecule has 0 saturated carbocycles. The van der Waals surface area contributed by atoms with E-state index in [0.29, 0.717) is 0 Å². The molecule has 0 fully saturated rings. The molecule has 0 spiro atoms. The maximum absolute atomic E-state index is 3.36. The third-order valence-electron chi connectivity index (χ3n) is 3.19. The molecule has 1 atom stereocenters. The van der Waals surface area contributed by atoms with Crippen LogP contribution < -0.4 is 0 Å². The molecule has 0 N–H and O–H groups in total. The number of hydrogen-bond donors (Lipinski definition) is 0. The van der Waals surface area contributed by atoms with Crippen molar-refractivity contribution >= 4 is 0 Å². The Labute approximate surface area is 109 Å². The Balaban J connectivity index is 3.22. The smallest absolute Gasteiger partial charge is 0.00978 e. The molecule has 0 aromatic heterocycles. The Morgan fingerprint density at radius 3 is 2.41 bits per heavy atom. The van der Waals surface area contributed by atoms with Gasteiger partial charge in [0.05, 0.1) is 0 Å². The van der Waals surface area contributed by atoms with Crippen molar-refractivity contribution < 1.29 is 0 Å². The predicted molar refractivity (Wildman–Crippen MR) is 79.0 cm³/mol. The molecule has 0 aromatic rings. The molecule has 0 saturated heterocycles. The largest absolute Gasteiger partial charge is 0.0854 e. The molecule has 0 aliphatic heterocycles. The molecule has 0 aromatic carbocycles. The molecular formula is C17H31. The van der Waals surface area contributed by atoms with Gasteiger partial charge < -0.3 is 0 Å². The fourth-order valence-corrected chi connectivity index (χ4v) is 1.72. The minimum atomic E-state index is 0.718. The first kappa shape index (κ1) is 16.5. The molecule has 0 nitrogen and oxygen atoms in total. The molecule has 0 rings (SSSR count). The maximum atomic E-state index is 3.36. The predicted octanol–water partition coefficient (Wildman–Crippen LogP) is 6.09. The Kier molecular flexibility index (Phi) is 13.1. The summed E-state index contributed by atoms with van der Waals surface area (Å²) in [6.07, 6.45) is 21.9. The van der Waals surface area contributed by atoms with Crippen molar-refractivity contribution in [1.29, 1.82) is 0 Å². The second-order valence-electron chi connectivity index (χ2n) is 4.98. The molecule has 0 aliphatic rings. The summed E-state index contributed by atoms with van der Waals surface area (Å²) in [5.41, 5.74) is 0. The van der Waals surface area contributed by atoms with Crippen LogP contribution in [0.1, 0.15) is 78.6 Å². The van der Waals surface area contributed by atoms with Gasteiger partial charge in [0.1, 0.15) is 0 Å². The first-order valence-electron chi connectivity index (χ1n) is 7.53. The van der Waals surface area contributed by atoms with E-state index in [-0.39, 0.29) is 0 Å². The summed E-state index contributed by atoms with van der Waals surface area (Å²) in [4.78, 5) is 0. The second-order valence-corrected chi connectivity index (χ2v) is 4.98. The fraction of sp³-hybridized carbons (Fsp3) is 0.765. The highest BCUT2D eigenvalue weighted by molar-refractivity contribution is 4.90. The van der Waals surface area contributed by atoms with Crippen LogP contribution in [-0.4, -0.2) is 0 Å². The molecule has 17 heavy (non-hydrogen) atoms. The molecule has 0 amide bonds. The third-order valence-corrected chi connectivity index (χ3v) is 3.19. The zero-order chi connectivity index (χ0) is 12.8. The van der Waals surface area contributed by atoms with Crippen molar-refractivity contribution in [3.63, 3.8) is 0 Å². The summed E-state index contributed by atoms with van der Waals surface area (Å²) >= 11 is 0. The zero-order valence-electron chi connectivity index (χ0n) is 12.2. The normalized spacial score (nSPS) is 13.8. The zero-order valence-corrected chi connectivity index (χ0v) is 12.2. The van der Waals surface area contributed by atoms with Crippen LogP contribution in [0.5, 0.6) is 0 Å². The minimum absolute atomic E-state index is 0.718.